The molecule has 2 aromatic carbocycles. The molecule has 8 fully saturated rings. The summed E-state index contributed by atoms with van der Waals surface area (Å²) < 4.78 is 136. The summed E-state index contributed by atoms with van der Waals surface area (Å²) in [6, 6.07) is 1.31. The number of fused-ring (bicyclic) bond motifs is 8. The van der Waals surface area contributed by atoms with Gasteiger partial charge in [-0.3, -0.25) is 24.5 Å². The number of aromatic hydroxyl groups is 2. The highest BCUT2D eigenvalue weighted by molar-refractivity contribution is 6.31. The minimum absolute atomic E-state index is 0.0384. The quantitative estimate of drug-likeness (QED) is 0.0276. The molecule has 119 heavy (non-hydrogen) atoms. The molecule has 0 saturated carbocycles. The molecule has 9 aliphatic heterocycles. The first kappa shape index (κ1) is 90.5. The third-order valence-electron chi connectivity index (χ3n) is 25.2. The van der Waals surface area contributed by atoms with Gasteiger partial charge in [-0.25, -0.2) is 9.59 Å². The van der Waals surface area contributed by atoms with Gasteiger partial charge in [0.1, 0.15) is 77.6 Å². The topological polar surface area (TPSA) is 497 Å². The Kier molecular flexibility index (Phi) is 27.2. The van der Waals surface area contributed by atoms with Crippen LogP contribution >= 0.6 is 0 Å². The number of aliphatic hydroxyl groups is 5. The van der Waals surface area contributed by atoms with Crippen LogP contribution in [-0.4, -0.2) is 332 Å². The Morgan fingerprint density at radius 2 is 1.03 bits per heavy atom. The van der Waals surface area contributed by atoms with Crippen LogP contribution in [0.1, 0.15) is 181 Å². The first-order chi connectivity index (χ1) is 56.2. The standard InChI is InChI=1S/C80H112N2O37/c1-30-63(89)43(98-13)24-55(103-30)116-74-36(7)109-56(29-78(74,8)82(96)97)115-69-32(3)105-51(23-42(69)85)117-75-62(81(11)12)67(93)77-118-73-39(80(75,10)119-77)21-40(83)59-60(73)64(90)38-20-37-57(65(91)58(38)66(59)92)47(28-79(9,95)61(37)76(94)102-17)110-52-25-45(100-15)71(34(5)106-52)113-50-22-41(84)68(31(2)104-50)112-53-27-46(101-16)72(35(6)108-53)114-54-26-44(99-14)70(33(4)107-54)111-49(88)19-18-48(86)87/h18-21,30-36,41-47,50-56,61-63,67-72,74-75,77,83-85,89,91,93,95H,22-29H2,1-17H3,(H,86,87)/b19-18+/t30-,31-,32-,33-,34-,35-,36-,41-,42-,43-,44-,45-,46-,47-,50-,51-,52-,53-,54-,55-,56-,61-,62-,63+,67-,68+,69+,70+,71+,72+,74-,75-,77-,78+,79-,80+/m0/s1. The molecule has 0 aromatic heterocycles. The normalized spacial score (nSPS) is 43.5. The van der Waals surface area contributed by atoms with Crippen LogP contribution < -0.4 is 4.74 Å². The molecule has 0 amide bonds. The largest absolute Gasteiger partial charge is 0.507 e. The molecule has 2 bridgehead atoms. The highest BCUT2D eigenvalue weighted by atomic mass is 16.8. The number of carbonyl (C=O) groups excluding carboxylic acids is 4. The molecule has 0 radical (unpaired) electrons. The van der Waals surface area contributed by atoms with Crippen molar-refractivity contribution in [2.75, 3.05) is 49.6 Å². The number of likely N-dealkylation sites (N-methyl/N-ethyl adjacent to an activating group) is 1. The zero-order chi connectivity index (χ0) is 86.4. The van der Waals surface area contributed by atoms with Crippen molar-refractivity contribution in [3.63, 3.8) is 0 Å². The van der Waals surface area contributed by atoms with Crippen LogP contribution in [0, 0.1) is 10.1 Å². The van der Waals surface area contributed by atoms with E-state index in [1.54, 1.807) is 74.4 Å². The average molecular weight is 1690 g/mol. The molecule has 0 spiro atoms. The van der Waals surface area contributed by atoms with Crippen LogP contribution in [0.5, 0.6) is 17.2 Å². The van der Waals surface area contributed by atoms with E-state index in [4.69, 9.17) is 109 Å². The van der Waals surface area contributed by atoms with Crippen molar-refractivity contribution >= 4 is 29.5 Å². The van der Waals surface area contributed by atoms with Crippen LogP contribution in [0.2, 0.25) is 0 Å². The van der Waals surface area contributed by atoms with Gasteiger partial charge in [-0.2, -0.15) is 0 Å². The number of methoxy groups -OCH3 is 5. The lowest BCUT2D eigenvalue weighted by Crippen LogP contribution is -2.70. The molecular weight excluding hydrogens is 1580 g/mol. The number of hydrogen-bond donors (Lipinski definition) is 8. The van der Waals surface area contributed by atoms with Crippen molar-refractivity contribution in [1.82, 2.24) is 4.90 Å². The summed E-state index contributed by atoms with van der Waals surface area (Å²) in [7, 11) is 10.2. The van der Waals surface area contributed by atoms with Crippen LogP contribution in [0.25, 0.3) is 0 Å². The second-order valence-electron chi connectivity index (χ2n) is 33.6. The molecule has 9 heterocycles. The molecule has 39 heteroatoms. The van der Waals surface area contributed by atoms with Gasteiger partial charge in [0.2, 0.25) is 12.1 Å². The monoisotopic (exact) mass is 1690 g/mol. The van der Waals surface area contributed by atoms with E-state index in [0.717, 1.165) is 19.3 Å². The third kappa shape index (κ3) is 17.4. The number of phenolic OH excluding ortho intramolecular Hbond substituents is 2. The van der Waals surface area contributed by atoms with Crippen molar-refractivity contribution < 1.29 is 174 Å². The molecular formula is C80H112N2O37. The molecule has 8 N–H and O–H groups in total. The zero-order valence-electron chi connectivity index (χ0n) is 69.3. The second kappa shape index (κ2) is 35.8. The van der Waals surface area contributed by atoms with Gasteiger partial charge in [0.05, 0.1) is 121 Å². The maximum Gasteiger partial charge on any atom is 0.331 e. The van der Waals surface area contributed by atoms with Crippen LogP contribution in [0.4, 0.5) is 0 Å². The lowest BCUT2D eigenvalue weighted by atomic mass is 9.68. The average Bonchev–Trinajstić information content (AvgIpc) is 0.690. The fraction of sp³-hybridized carbons (Fsp3) is 0.762. The van der Waals surface area contributed by atoms with E-state index in [-0.39, 0.29) is 67.4 Å². The lowest BCUT2D eigenvalue weighted by Gasteiger charge is -2.56. The lowest BCUT2D eigenvalue weighted by molar-refractivity contribution is -0.599. The number of ketones is 2. The van der Waals surface area contributed by atoms with E-state index in [1.807, 2.05) is 0 Å². The summed E-state index contributed by atoms with van der Waals surface area (Å²) in [4.78, 5) is 82.7. The van der Waals surface area contributed by atoms with Crippen molar-refractivity contribution in [3.05, 3.63) is 73.3 Å². The predicted molar refractivity (Wildman–Crippen MR) is 398 cm³/mol. The first-order valence-electron chi connectivity index (χ1n) is 40.1. The molecule has 0 unspecified atom stereocenters. The van der Waals surface area contributed by atoms with Gasteiger partial charge in [-0.1, -0.05) is 0 Å². The Hall–Kier alpha value is -6.27. The minimum atomic E-state index is -2.06. The number of carbonyl (C=O) groups is 5. The number of aliphatic carboxylic acids is 1. The highest BCUT2D eigenvalue weighted by Crippen LogP contribution is 2.58. The van der Waals surface area contributed by atoms with E-state index >= 15 is 9.59 Å². The Bertz CT molecular complexity index is 4050. The number of benzene rings is 2. The summed E-state index contributed by atoms with van der Waals surface area (Å²) >= 11 is 0. The number of hydrogen-bond acceptors (Lipinski definition) is 37. The van der Waals surface area contributed by atoms with E-state index in [1.165, 1.54) is 48.4 Å². The van der Waals surface area contributed by atoms with Crippen LogP contribution in [-0.2, 0) is 119 Å². The van der Waals surface area contributed by atoms with Gasteiger partial charge in [-0.15, -0.1) is 0 Å². The van der Waals surface area contributed by atoms with Crippen molar-refractivity contribution in [2.24, 2.45) is 0 Å². The van der Waals surface area contributed by atoms with E-state index in [0.29, 0.717) is 6.08 Å². The van der Waals surface area contributed by atoms with Gasteiger partial charge in [0, 0.05) is 114 Å². The Labute approximate surface area is 686 Å². The Balaban J connectivity index is 0.679. The molecule has 8 saturated heterocycles. The predicted octanol–water partition coefficient (Wildman–Crippen LogP) is 2.58. The number of aliphatic hydroxyl groups excluding tert-OH is 4. The Morgan fingerprint density at radius 3 is 1.55 bits per heavy atom. The van der Waals surface area contributed by atoms with Gasteiger partial charge in [0.15, 0.2) is 62.0 Å². The number of carboxylic acids is 1. The summed E-state index contributed by atoms with van der Waals surface area (Å²) in [5.41, 5.74) is -8.27. The fourth-order valence-electron chi connectivity index (χ4n) is 19.2. The van der Waals surface area contributed by atoms with Crippen LogP contribution in [0.3, 0.4) is 0 Å². The van der Waals surface area contributed by atoms with Crippen molar-refractivity contribution in [1.29, 1.82) is 0 Å². The fourth-order valence-corrected chi connectivity index (χ4v) is 19.2. The SMILES string of the molecule is COC(=O)[C@@H]1c2cc3c(c(O)c2[C@@H](O[C@H]2C[C@H](OC)[C@H](O[C@H]4C[C@H](O)[C@H](O[C@H]5C[C@H](OC)[C@H](O[C@H]6C[C@H](OC)[C@H](OC(=O)/C=C/C(=O)O)[C@H](C)O6)[C@H](C)O5)[C@H](C)O4)[C@H](C)O2)C[C@]1(C)O)C(=O)c1c(O)cc2c(c1C3=O)O[C@H]1O[C@@]2(C)[C@@H](O[C@H]2C[C@H](O)[C@H](O[C@H]3C[C@@](C)([N+](=O)[O-])[C@@H](O[C@H]4C[C@H](OC)[C@H](O)[C@H](C)O4)[C@H](C)O3)[C@H](C)O2)[C@@H](N(C)C)[C@@H]1O. The molecule has 2 aromatic rings. The molecule has 2 aliphatic carbocycles. The number of rotatable bonds is 24. The van der Waals surface area contributed by atoms with Crippen LogP contribution in [0.15, 0.2) is 24.3 Å². The smallest absolute Gasteiger partial charge is 0.331 e. The zero-order valence-corrected chi connectivity index (χ0v) is 69.3. The highest BCUT2D eigenvalue weighted by Gasteiger charge is 2.64. The molecule has 13 rings (SSSR count). The second-order valence-corrected chi connectivity index (χ2v) is 33.6. The van der Waals surface area contributed by atoms with Gasteiger partial charge in [-0.05, 0) is 94.1 Å². The van der Waals surface area contributed by atoms with Crippen molar-refractivity contribution in [2.45, 2.75) is 340 Å². The van der Waals surface area contributed by atoms with Gasteiger partial charge in [0.25, 0.3) is 5.54 Å². The number of ether oxygens (including phenoxy) is 22. The minimum Gasteiger partial charge on any atom is -0.507 e. The summed E-state index contributed by atoms with van der Waals surface area (Å²) in [5, 5.41) is 106. The molecule has 11 aliphatic rings. The van der Waals surface area contributed by atoms with Gasteiger partial charge < -0.3 is 150 Å². The number of nitro groups is 1. The van der Waals surface area contributed by atoms with E-state index < -0.39 is 294 Å². The van der Waals surface area contributed by atoms with E-state index in [2.05, 4.69) is 0 Å². The maximum absolute atomic E-state index is 15.7. The molecule has 36 atom stereocenters. The third-order valence-corrected chi connectivity index (χ3v) is 25.2. The summed E-state index contributed by atoms with van der Waals surface area (Å²) in [6.45, 7) is 15.9. The van der Waals surface area contributed by atoms with Crippen molar-refractivity contribution in [3.8, 4) is 17.2 Å². The number of esters is 2. The molecule has 664 valence electrons. The summed E-state index contributed by atoms with van der Waals surface area (Å²) in [6.07, 6.45) is -30.4. The Morgan fingerprint density at radius 1 is 0.555 bits per heavy atom. The van der Waals surface area contributed by atoms with E-state index in [9.17, 15) is 60.2 Å². The first-order valence-corrected chi connectivity index (χ1v) is 40.1. The summed E-state index contributed by atoms with van der Waals surface area (Å²) in [5.74, 6) is -8.80. The number of nitrogens with zero attached hydrogens (tertiary/aromatic N) is 2. The van der Waals surface area contributed by atoms with Gasteiger partial charge >= 0.3 is 17.9 Å². The molecule has 39 nitrogen and oxygen atoms in total. The number of phenols is 2. The number of carboxylic acid groups (broad SMARTS) is 1. The maximum atomic E-state index is 15.7.